The van der Waals surface area contributed by atoms with Gasteiger partial charge in [0.2, 0.25) is 0 Å². The van der Waals surface area contributed by atoms with E-state index in [9.17, 15) is 4.79 Å². The number of carbonyl (C=O) groups is 1. The van der Waals surface area contributed by atoms with Crippen molar-refractivity contribution < 1.29 is 9.53 Å². The first-order valence-corrected chi connectivity index (χ1v) is 5.12. The Kier molecular flexibility index (Phi) is 5.50. The van der Waals surface area contributed by atoms with Crippen molar-refractivity contribution in [3.05, 3.63) is 24.0 Å². The second-order valence-corrected chi connectivity index (χ2v) is 5.17. The highest BCUT2D eigenvalue weighted by molar-refractivity contribution is 9.24. The monoisotopic (exact) mass is 296 g/mol. The quantitative estimate of drug-likeness (QED) is 0.346. The summed E-state index contributed by atoms with van der Waals surface area (Å²) in [5.74, 6) is 0.226. The van der Waals surface area contributed by atoms with E-state index in [4.69, 9.17) is 4.74 Å². The van der Waals surface area contributed by atoms with Gasteiger partial charge in [0.1, 0.15) is 5.76 Å². The summed E-state index contributed by atoms with van der Waals surface area (Å²) in [5, 5.41) is 0. The van der Waals surface area contributed by atoms with Crippen LogP contribution >= 0.6 is 31.9 Å². The Hall–Kier alpha value is -0.0900. The Bertz CT molecular complexity index is 219. The molecular formula is C8H10Br2O2. The number of esters is 1. The molecule has 0 aromatic heterocycles. The van der Waals surface area contributed by atoms with Crippen molar-refractivity contribution >= 4 is 37.8 Å². The van der Waals surface area contributed by atoms with Gasteiger partial charge in [-0.1, -0.05) is 44.5 Å². The van der Waals surface area contributed by atoms with Crippen LogP contribution in [0.25, 0.3) is 0 Å². The van der Waals surface area contributed by atoms with E-state index in [1.807, 2.05) is 0 Å². The highest BCUT2D eigenvalue weighted by atomic mass is 79.9. The number of ether oxygens (including phenoxy) is 1. The summed E-state index contributed by atoms with van der Waals surface area (Å²) in [7, 11) is 0. The third-order valence-electron chi connectivity index (χ3n) is 1.16. The van der Waals surface area contributed by atoms with Crippen LogP contribution in [0, 0.1) is 0 Å². The molecule has 0 radical (unpaired) electrons. The molecule has 0 saturated carbocycles. The molecular weight excluding hydrogens is 288 g/mol. The number of halogens is 2. The highest BCUT2D eigenvalue weighted by Crippen LogP contribution is 2.23. The van der Waals surface area contributed by atoms with Gasteiger partial charge < -0.3 is 4.74 Å². The van der Waals surface area contributed by atoms with Gasteiger partial charge in [-0.05, 0) is 6.92 Å². The van der Waals surface area contributed by atoms with Gasteiger partial charge in [0, 0.05) is 12.5 Å². The molecule has 0 aromatic carbocycles. The average Bonchev–Trinajstić information content (AvgIpc) is 1.85. The molecule has 0 amide bonds. The number of carbonyl (C=O) groups excluding carboxylic acids is 1. The zero-order valence-corrected chi connectivity index (χ0v) is 10.1. The molecule has 0 bridgehead atoms. The number of rotatable bonds is 3. The fourth-order valence-electron chi connectivity index (χ4n) is 0.661. The van der Waals surface area contributed by atoms with Gasteiger partial charge >= 0.3 is 5.97 Å². The third kappa shape index (κ3) is 4.07. The predicted octanol–water partition coefficient (Wildman–Crippen LogP) is 3.13. The molecule has 0 unspecified atom stereocenters. The summed E-state index contributed by atoms with van der Waals surface area (Å²) in [6.45, 7) is 6.68. The molecule has 0 fully saturated rings. The first-order chi connectivity index (χ1) is 5.49. The van der Waals surface area contributed by atoms with E-state index in [-0.39, 0.29) is 9.71 Å². The van der Waals surface area contributed by atoms with Crippen LogP contribution in [0.4, 0.5) is 0 Å². The van der Waals surface area contributed by atoms with Crippen molar-refractivity contribution in [3.8, 4) is 0 Å². The fraction of sp³-hybridized carbons (Fsp3) is 0.375. The van der Waals surface area contributed by atoms with Crippen molar-refractivity contribution in [2.24, 2.45) is 0 Å². The summed E-state index contributed by atoms with van der Waals surface area (Å²) >= 11 is 6.58. The van der Waals surface area contributed by atoms with Crippen molar-refractivity contribution in [3.63, 3.8) is 0 Å². The van der Waals surface area contributed by atoms with Crippen molar-refractivity contribution in [2.45, 2.75) is 17.6 Å². The molecule has 0 atom stereocenters. The molecule has 0 aliphatic carbocycles. The Morgan fingerprint density at radius 3 is 2.25 bits per heavy atom. The molecule has 68 valence electrons. The summed E-state index contributed by atoms with van der Waals surface area (Å²) in [6, 6.07) is 0. The van der Waals surface area contributed by atoms with Gasteiger partial charge in [-0.25, -0.2) is 0 Å². The molecule has 0 rings (SSSR count). The Labute approximate surface area is 88.9 Å². The minimum atomic E-state index is -0.326. The smallest absolute Gasteiger partial charge is 0.307 e. The van der Waals surface area contributed by atoms with Crippen LogP contribution in [0.3, 0.4) is 0 Å². The van der Waals surface area contributed by atoms with Gasteiger partial charge in [0.15, 0.2) is 0 Å². The molecule has 0 spiro atoms. The molecule has 0 N–H and O–H groups in total. The van der Waals surface area contributed by atoms with Crippen molar-refractivity contribution in [1.29, 1.82) is 0 Å². The van der Waals surface area contributed by atoms with Crippen LogP contribution in [0.5, 0.6) is 0 Å². The molecule has 0 aliphatic heterocycles. The highest BCUT2D eigenvalue weighted by Gasteiger charge is 2.08. The topological polar surface area (TPSA) is 26.3 Å². The van der Waals surface area contributed by atoms with Crippen LogP contribution in [0.15, 0.2) is 24.0 Å². The summed E-state index contributed by atoms with van der Waals surface area (Å²) < 4.78 is 4.83. The Morgan fingerprint density at radius 2 is 2.00 bits per heavy atom. The minimum Gasteiger partial charge on any atom is -0.431 e. The third-order valence-corrected chi connectivity index (χ3v) is 2.14. The van der Waals surface area contributed by atoms with E-state index < -0.39 is 0 Å². The molecule has 12 heavy (non-hydrogen) atoms. The molecule has 4 heteroatoms. The zero-order chi connectivity index (χ0) is 9.72. The molecule has 0 aromatic rings. The first kappa shape index (κ1) is 11.9. The van der Waals surface area contributed by atoms with E-state index in [2.05, 4.69) is 38.4 Å². The second kappa shape index (κ2) is 5.54. The van der Waals surface area contributed by atoms with Gasteiger partial charge in [-0.2, -0.15) is 0 Å². The van der Waals surface area contributed by atoms with E-state index in [0.717, 1.165) is 5.57 Å². The van der Waals surface area contributed by atoms with E-state index in [1.165, 1.54) is 6.92 Å². The summed E-state index contributed by atoms with van der Waals surface area (Å²) in [6.07, 6.45) is 1.63. The van der Waals surface area contributed by atoms with Crippen molar-refractivity contribution in [2.75, 3.05) is 0 Å². The van der Waals surface area contributed by atoms with Crippen LogP contribution in [-0.4, -0.2) is 9.71 Å². The second-order valence-electron chi connectivity index (χ2n) is 2.11. The van der Waals surface area contributed by atoms with Crippen LogP contribution < -0.4 is 0 Å². The Balaban J connectivity index is 4.60. The largest absolute Gasteiger partial charge is 0.431 e. The summed E-state index contributed by atoms with van der Waals surface area (Å²) in [5.41, 5.74) is 0.810. The zero-order valence-electron chi connectivity index (χ0n) is 6.93. The standard InChI is InChI=1S/C8H10Br2O2/c1-4-7(8(9)10)5(2)12-6(3)11/h4,8H,1H2,2-3H3/b7-5-. The lowest BCUT2D eigenvalue weighted by molar-refractivity contribution is -0.136. The molecule has 0 saturated heterocycles. The van der Waals surface area contributed by atoms with Crippen LogP contribution in [-0.2, 0) is 9.53 Å². The van der Waals surface area contributed by atoms with E-state index in [1.54, 1.807) is 13.0 Å². The van der Waals surface area contributed by atoms with E-state index in [0.29, 0.717) is 5.76 Å². The normalized spacial score (nSPS) is 12.4. The summed E-state index contributed by atoms with van der Waals surface area (Å²) in [4.78, 5) is 10.6. The first-order valence-electron chi connectivity index (χ1n) is 3.28. The number of allylic oxidation sites excluding steroid dienone is 3. The lowest BCUT2D eigenvalue weighted by atomic mass is 10.3. The lowest BCUT2D eigenvalue weighted by Gasteiger charge is -2.08. The minimum absolute atomic E-state index is 0.0400. The maximum Gasteiger partial charge on any atom is 0.307 e. The van der Waals surface area contributed by atoms with Gasteiger partial charge in [0.25, 0.3) is 0 Å². The van der Waals surface area contributed by atoms with Crippen LogP contribution in [0.1, 0.15) is 13.8 Å². The van der Waals surface area contributed by atoms with Gasteiger partial charge in [-0.15, -0.1) is 0 Å². The Morgan fingerprint density at radius 1 is 1.50 bits per heavy atom. The number of hydrogen-bond donors (Lipinski definition) is 0. The van der Waals surface area contributed by atoms with Crippen molar-refractivity contribution in [1.82, 2.24) is 0 Å². The molecule has 0 aliphatic rings. The van der Waals surface area contributed by atoms with Gasteiger partial charge in [0.05, 0.1) is 3.74 Å². The predicted molar refractivity (Wildman–Crippen MR) is 56.3 cm³/mol. The molecule has 0 heterocycles. The van der Waals surface area contributed by atoms with Crippen LogP contribution in [0.2, 0.25) is 0 Å². The molecule has 2 nitrogen and oxygen atoms in total. The maximum absolute atomic E-state index is 10.6. The lowest BCUT2D eigenvalue weighted by Crippen LogP contribution is -2.01. The number of alkyl halides is 2. The van der Waals surface area contributed by atoms with Gasteiger partial charge in [-0.3, -0.25) is 4.79 Å². The number of hydrogen-bond acceptors (Lipinski definition) is 2. The SMILES string of the molecule is C=C/C(=C(\C)OC(C)=O)C(Br)Br. The average molecular weight is 298 g/mol. The maximum atomic E-state index is 10.6. The van der Waals surface area contributed by atoms with E-state index >= 15 is 0 Å². The fourth-order valence-corrected chi connectivity index (χ4v) is 1.68.